The van der Waals surface area contributed by atoms with E-state index in [1.54, 1.807) is 47.4 Å². The zero-order valence-electron chi connectivity index (χ0n) is 19.6. The second-order valence-electron chi connectivity index (χ2n) is 8.94. The van der Waals surface area contributed by atoms with Gasteiger partial charge in [-0.1, -0.05) is 59.6 Å². The van der Waals surface area contributed by atoms with Crippen LogP contribution < -0.4 is 4.72 Å². The average Bonchev–Trinajstić information content (AvgIpc) is 2.89. The molecule has 0 spiro atoms. The molecule has 1 aliphatic heterocycles. The lowest BCUT2D eigenvalue weighted by Gasteiger charge is -2.39. The Morgan fingerprint density at radius 1 is 0.946 bits per heavy atom. The summed E-state index contributed by atoms with van der Waals surface area (Å²) >= 11 is 12.7. The van der Waals surface area contributed by atoms with Crippen LogP contribution in [0.2, 0.25) is 10.0 Å². The van der Waals surface area contributed by atoms with E-state index in [-0.39, 0.29) is 21.5 Å². The van der Waals surface area contributed by atoms with E-state index < -0.39 is 15.6 Å². The van der Waals surface area contributed by atoms with Crippen molar-refractivity contribution in [3.8, 4) is 0 Å². The van der Waals surface area contributed by atoms with Crippen LogP contribution in [0.5, 0.6) is 0 Å². The fourth-order valence-electron chi connectivity index (χ4n) is 4.59. The summed E-state index contributed by atoms with van der Waals surface area (Å²) in [6, 6.07) is 20.0. The quantitative estimate of drug-likeness (QED) is 0.340. The van der Waals surface area contributed by atoms with Gasteiger partial charge in [0.05, 0.1) is 21.8 Å². The second kappa shape index (κ2) is 9.95. The van der Waals surface area contributed by atoms with Crippen molar-refractivity contribution < 1.29 is 18.3 Å². The average molecular weight is 556 g/mol. The third kappa shape index (κ3) is 5.02. The monoisotopic (exact) mass is 555 g/mol. The van der Waals surface area contributed by atoms with Gasteiger partial charge in [0, 0.05) is 40.8 Å². The molecule has 1 aromatic heterocycles. The van der Waals surface area contributed by atoms with E-state index in [0.29, 0.717) is 53.0 Å². The Labute approximate surface area is 224 Å². The number of carbonyl (C=O) groups excluding carboxylic acids is 1. The molecule has 1 amide bonds. The number of likely N-dealkylation sites (tertiary alicyclic amines) is 1. The molecule has 37 heavy (non-hydrogen) atoms. The number of para-hydroxylation sites is 1. The topological polar surface area (TPSA) is 99.6 Å². The number of benzene rings is 3. The normalized spacial score (nSPS) is 15.5. The maximum Gasteiger partial charge on any atom is 0.264 e. The number of rotatable bonds is 5. The molecule has 7 nitrogen and oxygen atoms in total. The zero-order valence-corrected chi connectivity index (χ0v) is 21.9. The number of carbonyl (C=O) groups is 1. The maximum atomic E-state index is 13.1. The van der Waals surface area contributed by atoms with E-state index in [0.717, 1.165) is 0 Å². The summed E-state index contributed by atoms with van der Waals surface area (Å²) < 4.78 is 28.7. The number of sulfonamides is 1. The number of nitrogens with one attached hydrogen (secondary N) is 1. The number of halogens is 2. The zero-order chi connectivity index (χ0) is 26.2. The first-order valence-corrected chi connectivity index (χ1v) is 13.8. The highest BCUT2D eigenvalue weighted by atomic mass is 35.5. The van der Waals surface area contributed by atoms with Crippen LogP contribution >= 0.6 is 23.2 Å². The minimum absolute atomic E-state index is 0.0288. The van der Waals surface area contributed by atoms with Crippen molar-refractivity contribution in [1.29, 1.82) is 0 Å². The fraction of sp³-hybridized carbons (Fsp3) is 0.185. The van der Waals surface area contributed by atoms with Gasteiger partial charge in [0.1, 0.15) is 4.90 Å². The molecule has 0 atom stereocenters. The van der Waals surface area contributed by atoms with Crippen molar-refractivity contribution in [2.45, 2.75) is 23.3 Å². The molecule has 10 heteroatoms. The predicted molar refractivity (Wildman–Crippen MR) is 144 cm³/mol. The van der Waals surface area contributed by atoms with Gasteiger partial charge in [-0.05, 0) is 49.2 Å². The molecule has 0 unspecified atom stereocenters. The van der Waals surface area contributed by atoms with Crippen LogP contribution in [0.1, 0.15) is 28.8 Å². The van der Waals surface area contributed by atoms with Crippen LogP contribution in [0, 0.1) is 0 Å². The standard InChI is InChI=1S/C27H23Cl2N3O4S/c28-21-8-2-1-7-20(21)27(34)12-15-32(16-13-27)26(33)19-10-11-23(22(29)17-19)31-37(35,36)24-9-3-5-18-6-4-14-30-25(18)24/h1-11,14,17,31,34H,12-13,15-16H2. The number of aliphatic hydroxyl groups is 1. The SMILES string of the molecule is O=C(c1ccc(NS(=O)(=O)c2cccc3cccnc23)c(Cl)c1)N1CCC(O)(c2ccccc2Cl)CC1. The van der Waals surface area contributed by atoms with Crippen LogP contribution in [0.4, 0.5) is 5.69 Å². The Kier molecular flexibility index (Phi) is 6.85. The summed E-state index contributed by atoms with van der Waals surface area (Å²) in [6.07, 6.45) is 2.21. The van der Waals surface area contributed by atoms with E-state index in [1.807, 2.05) is 6.07 Å². The number of aromatic nitrogens is 1. The van der Waals surface area contributed by atoms with Crippen LogP contribution in [0.3, 0.4) is 0 Å². The number of hydrogen-bond acceptors (Lipinski definition) is 5. The lowest BCUT2D eigenvalue weighted by atomic mass is 9.84. The van der Waals surface area contributed by atoms with Crippen molar-refractivity contribution in [2.24, 2.45) is 0 Å². The molecule has 1 aliphatic rings. The number of amides is 1. The lowest BCUT2D eigenvalue weighted by molar-refractivity contribution is -0.0210. The molecule has 1 saturated heterocycles. The lowest BCUT2D eigenvalue weighted by Crippen LogP contribution is -2.45. The number of fused-ring (bicyclic) bond motifs is 1. The molecule has 3 aromatic carbocycles. The number of piperidine rings is 1. The van der Waals surface area contributed by atoms with Crippen LogP contribution in [-0.2, 0) is 15.6 Å². The highest BCUT2D eigenvalue weighted by Crippen LogP contribution is 2.37. The van der Waals surface area contributed by atoms with Gasteiger partial charge in [0.15, 0.2) is 0 Å². The molecule has 5 rings (SSSR count). The maximum absolute atomic E-state index is 13.1. The molecular formula is C27H23Cl2N3O4S. The molecule has 4 aromatic rings. The molecule has 0 saturated carbocycles. The van der Waals surface area contributed by atoms with Gasteiger partial charge in [-0.15, -0.1) is 0 Å². The van der Waals surface area contributed by atoms with Crippen molar-refractivity contribution >= 4 is 55.7 Å². The molecule has 0 bridgehead atoms. The van der Waals surface area contributed by atoms with Crippen LogP contribution in [0.15, 0.2) is 83.9 Å². The Morgan fingerprint density at radius 2 is 1.68 bits per heavy atom. The minimum Gasteiger partial charge on any atom is -0.385 e. The van der Waals surface area contributed by atoms with Gasteiger partial charge >= 0.3 is 0 Å². The van der Waals surface area contributed by atoms with E-state index >= 15 is 0 Å². The Morgan fingerprint density at radius 3 is 2.41 bits per heavy atom. The fourth-order valence-corrected chi connectivity index (χ4v) is 6.45. The first kappa shape index (κ1) is 25.5. The van der Waals surface area contributed by atoms with E-state index in [1.165, 1.54) is 30.5 Å². The van der Waals surface area contributed by atoms with Crippen LogP contribution in [0.25, 0.3) is 10.9 Å². The van der Waals surface area contributed by atoms with Crippen LogP contribution in [-0.4, -0.2) is 42.4 Å². The highest BCUT2D eigenvalue weighted by Gasteiger charge is 2.37. The Balaban J connectivity index is 1.31. The van der Waals surface area contributed by atoms with Gasteiger partial charge in [-0.3, -0.25) is 14.5 Å². The molecule has 1 fully saturated rings. The first-order chi connectivity index (χ1) is 17.7. The number of nitrogens with zero attached hydrogens (tertiary/aromatic N) is 2. The summed E-state index contributed by atoms with van der Waals surface area (Å²) in [6.45, 7) is 0.668. The molecule has 2 heterocycles. The summed E-state index contributed by atoms with van der Waals surface area (Å²) in [5, 5.41) is 12.4. The molecule has 190 valence electrons. The molecular weight excluding hydrogens is 533 g/mol. The van der Waals surface area contributed by atoms with Gasteiger partial charge < -0.3 is 10.0 Å². The molecule has 0 aliphatic carbocycles. The summed E-state index contributed by atoms with van der Waals surface area (Å²) in [4.78, 5) is 19.0. The summed E-state index contributed by atoms with van der Waals surface area (Å²) in [7, 11) is -3.99. The van der Waals surface area contributed by atoms with Crippen molar-refractivity contribution in [2.75, 3.05) is 17.8 Å². The van der Waals surface area contributed by atoms with Crippen molar-refractivity contribution in [1.82, 2.24) is 9.88 Å². The van der Waals surface area contributed by atoms with Gasteiger partial charge in [0.2, 0.25) is 0 Å². The third-order valence-electron chi connectivity index (χ3n) is 6.60. The number of hydrogen-bond donors (Lipinski definition) is 2. The second-order valence-corrected chi connectivity index (χ2v) is 11.4. The van der Waals surface area contributed by atoms with E-state index in [2.05, 4.69) is 9.71 Å². The molecule has 0 radical (unpaired) electrons. The van der Waals surface area contributed by atoms with Crippen molar-refractivity contribution in [3.63, 3.8) is 0 Å². The Bertz CT molecular complexity index is 1600. The number of anilines is 1. The molecule has 2 N–H and O–H groups in total. The summed E-state index contributed by atoms with van der Waals surface area (Å²) in [5.74, 6) is -0.254. The van der Waals surface area contributed by atoms with E-state index in [4.69, 9.17) is 23.2 Å². The van der Waals surface area contributed by atoms with Crippen molar-refractivity contribution in [3.05, 3.63) is 100 Å². The third-order valence-corrected chi connectivity index (χ3v) is 8.64. The van der Waals surface area contributed by atoms with Gasteiger partial charge in [-0.2, -0.15) is 0 Å². The largest absolute Gasteiger partial charge is 0.385 e. The first-order valence-electron chi connectivity index (χ1n) is 11.6. The Hall–Kier alpha value is -3.17. The van der Waals surface area contributed by atoms with Gasteiger partial charge in [0.25, 0.3) is 15.9 Å². The predicted octanol–water partition coefficient (Wildman–Crippen LogP) is 5.47. The van der Waals surface area contributed by atoms with E-state index in [9.17, 15) is 18.3 Å². The number of pyridine rings is 1. The highest BCUT2D eigenvalue weighted by molar-refractivity contribution is 7.93. The van der Waals surface area contributed by atoms with Gasteiger partial charge in [-0.25, -0.2) is 8.42 Å². The summed E-state index contributed by atoms with van der Waals surface area (Å²) in [5.41, 5.74) is 0.374. The smallest absolute Gasteiger partial charge is 0.264 e. The minimum atomic E-state index is -3.99.